The van der Waals surface area contributed by atoms with Crippen LogP contribution in [0, 0.1) is 6.92 Å². The Hall–Kier alpha value is -1.54. The van der Waals surface area contributed by atoms with Crippen LogP contribution in [-0.4, -0.2) is 4.98 Å². The average molecular weight is 219 g/mol. The molecule has 2 aromatic rings. The summed E-state index contributed by atoms with van der Waals surface area (Å²) < 4.78 is 0. The number of hydrogen-bond donors (Lipinski definition) is 1. The van der Waals surface area contributed by atoms with Gasteiger partial charge in [-0.1, -0.05) is 17.7 Å². The van der Waals surface area contributed by atoms with Crippen LogP contribution >= 0.6 is 11.6 Å². The average Bonchev–Trinajstić information content (AvgIpc) is 2.20. The first-order valence-corrected chi connectivity index (χ1v) is 5.03. The Labute approximate surface area is 93.7 Å². The van der Waals surface area contributed by atoms with Crippen molar-refractivity contribution in [2.75, 3.05) is 5.73 Å². The molecular formula is C12H11ClN2. The van der Waals surface area contributed by atoms with E-state index in [0.717, 1.165) is 21.7 Å². The predicted octanol–water partition coefficient (Wildman–Crippen LogP) is 3.29. The number of nitrogen functional groups attached to an aromatic ring is 1. The molecule has 0 aliphatic carbocycles. The summed E-state index contributed by atoms with van der Waals surface area (Å²) in [6, 6.07) is 9.57. The summed E-state index contributed by atoms with van der Waals surface area (Å²) in [7, 11) is 0. The quantitative estimate of drug-likeness (QED) is 0.798. The molecule has 0 aliphatic rings. The minimum Gasteiger partial charge on any atom is -0.383 e. The Morgan fingerprint density at radius 1 is 1.20 bits per heavy atom. The van der Waals surface area contributed by atoms with Crippen molar-refractivity contribution in [2.24, 2.45) is 0 Å². The number of halogens is 1. The molecule has 0 unspecified atom stereocenters. The molecule has 0 saturated heterocycles. The third-order valence-corrected chi connectivity index (χ3v) is 2.55. The summed E-state index contributed by atoms with van der Waals surface area (Å²) in [6.07, 6.45) is 1.68. The summed E-state index contributed by atoms with van der Waals surface area (Å²) in [6.45, 7) is 2.01. The van der Waals surface area contributed by atoms with E-state index in [2.05, 4.69) is 4.98 Å². The first kappa shape index (κ1) is 9.99. The lowest BCUT2D eigenvalue weighted by atomic mass is 10.0. The van der Waals surface area contributed by atoms with Gasteiger partial charge >= 0.3 is 0 Å². The number of aromatic nitrogens is 1. The summed E-state index contributed by atoms with van der Waals surface area (Å²) in [5, 5.41) is 0.735. The van der Waals surface area contributed by atoms with Crippen molar-refractivity contribution in [3.63, 3.8) is 0 Å². The summed E-state index contributed by atoms with van der Waals surface area (Å²) in [4.78, 5) is 4.06. The number of hydrogen-bond acceptors (Lipinski definition) is 2. The molecule has 1 aromatic heterocycles. The van der Waals surface area contributed by atoms with Gasteiger partial charge in [0.15, 0.2) is 0 Å². The minimum absolute atomic E-state index is 0.544. The van der Waals surface area contributed by atoms with Crippen molar-refractivity contribution in [3.8, 4) is 11.1 Å². The van der Waals surface area contributed by atoms with Gasteiger partial charge in [0.25, 0.3) is 0 Å². The zero-order valence-electron chi connectivity index (χ0n) is 8.37. The van der Waals surface area contributed by atoms with Crippen LogP contribution in [0.25, 0.3) is 11.1 Å². The first-order chi connectivity index (χ1) is 7.18. The molecule has 0 amide bonds. The Bertz CT molecular complexity index is 495. The van der Waals surface area contributed by atoms with Gasteiger partial charge < -0.3 is 5.73 Å². The van der Waals surface area contributed by atoms with Gasteiger partial charge in [-0.2, -0.15) is 0 Å². The lowest BCUT2D eigenvalue weighted by Crippen LogP contribution is -1.94. The van der Waals surface area contributed by atoms with E-state index in [9.17, 15) is 0 Å². The van der Waals surface area contributed by atoms with Crippen molar-refractivity contribution in [1.82, 2.24) is 4.98 Å². The maximum atomic E-state index is 5.90. The maximum absolute atomic E-state index is 5.90. The molecule has 2 nitrogen and oxygen atoms in total. The maximum Gasteiger partial charge on any atom is 0.131 e. The molecule has 76 valence electrons. The monoisotopic (exact) mass is 218 g/mol. The number of anilines is 1. The Balaban J connectivity index is 2.60. The zero-order chi connectivity index (χ0) is 10.8. The summed E-state index contributed by atoms with van der Waals surface area (Å²) in [5.41, 5.74) is 8.94. The number of nitrogens with zero attached hydrogens (tertiary/aromatic N) is 1. The highest BCUT2D eigenvalue weighted by atomic mass is 35.5. The van der Waals surface area contributed by atoms with Gasteiger partial charge in [0.1, 0.15) is 5.82 Å². The van der Waals surface area contributed by atoms with Crippen molar-refractivity contribution in [2.45, 2.75) is 6.92 Å². The van der Waals surface area contributed by atoms with Gasteiger partial charge in [0.05, 0.1) is 0 Å². The highest BCUT2D eigenvalue weighted by Crippen LogP contribution is 2.28. The van der Waals surface area contributed by atoms with Crippen molar-refractivity contribution in [1.29, 1.82) is 0 Å². The van der Waals surface area contributed by atoms with Gasteiger partial charge in [-0.05, 0) is 42.3 Å². The van der Waals surface area contributed by atoms with E-state index in [1.807, 2.05) is 37.3 Å². The molecule has 0 atom stereocenters. The fraction of sp³-hybridized carbons (Fsp3) is 0.0833. The van der Waals surface area contributed by atoms with Gasteiger partial charge in [-0.25, -0.2) is 4.98 Å². The highest BCUT2D eigenvalue weighted by Gasteiger charge is 2.05. The molecule has 0 fully saturated rings. The molecule has 3 heteroatoms. The second kappa shape index (κ2) is 3.91. The number of nitrogens with two attached hydrogens (primary N) is 1. The zero-order valence-corrected chi connectivity index (χ0v) is 9.12. The van der Waals surface area contributed by atoms with Gasteiger partial charge in [0.2, 0.25) is 0 Å². The molecule has 0 aliphatic heterocycles. The standard InChI is InChI=1S/C12H11ClN2/c1-8-7-9(13)4-5-10(8)11-3-2-6-15-12(11)14/h2-7H,1H3,(H2,14,15). The lowest BCUT2D eigenvalue weighted by Gasteiger charge is -2.08. The van der Waals surface area contributed by atoms with Crippen LogP contribution in [0.1, 0.15) is 5.56 Å². The van der Waals surface area contributed by atoms with E-state index in [1.54, 1.807) is 6.20 Å². The van der Waals surface area contributed by atoms with E-state index in [-0.39, 0.29) is 0 Å². The Kier molecular flexibility index (Phi) is 2.60. The van der Waals surface area contributed by atoms with Crippen molar-refractivity contribution in [3.05, 3.63) is 47.1 Å². The molecule has 2 N–H and O–H groups in total. The fourth-order valence-corrected chi connectivity index (χ4v) is 1.80. The third-order valence-electron chi connectivity index (χ3n) is 2.32. The van der Waals surface area contributed by atoms with E-state index in [1.165, 1.54) is 0 Å². The fourth-order valence-electron chi connectivity index (χ4n) is 1.57. The number of pyridine rings is 1. The highest BCUT2D eigenvalue weighted by molar-refractivity contribution is 6.30. The van der Waals surface area contributed by atoms with Crippen LogP contribution in [0.4, 0.5) is 5.82 Å². The molecule has 1 aromatic carbocycles. The molecule has 0 radical (unpaired) electrons. The molecule has 15 heavy (non-hydrogen) atoms. The molecule has 0 spiro atoms. The molecule has 0 bridgehead atoms. The molecular weight excluding hydrogens is 208 g/mol. The molecule has 1 heterocycles. The second-order valence-electron chi connectivity index (χ2n) is 3.40. The molecule has 2 rings (SSSR count). The first-order valence-electron chi connectivity index (χ1n) is 4.65. The van der Waals surface area contributed by atoms with Crippen molar-refractivity contribution >= 4 is 17.4 Å². The molecule has 0 saturated carbocycles. The van der Waals surface area contributed by atoms with Gasteiger partial charge in [0, 0.05) is 16.8 Å². The predicted molar refractivity (Wildman–Crippen MR) is 63.8 cm³/mol. The lowest BCUT2D eigenvalue weighted by molar-refractivity contribution is 1.33. The van der Waals surface area contributed by atoms with E-state index in [0.29, 0.717) is 5.82 Å². The number of aryl methyl sites for hydroxylation is 1. The van der Waals surface area contributed by atoms with Crippen LogP contribution in [0.2, 0.25) is 5.02 Å². The van der Waals surface area contributed by atoms with E-state index in [4.69, 9.17) is 17.3 Å². The number of rotatable bonds is 1. The smallest absolute Gasteiger partial charge is 0.131 e. The minimum atomic E-state index is 0.544. The Morgan fingerprint density at radius 2 is 2.00 bits per heavy atom. The second-order valence-corrected chi connectivity index (χ2v) is 3.83. The van der Waals surface area contributed by atoms with Crippen LogP contribution in [0.3, 0.4) is 0 Å². The largest absolute Gasteiger partial charge is 0.383 e. The van der Waals surface area contributed by atoms with E-state index >= 15 is 0 Å². The van der Waals surface area contributed by atoms with Crippen LogP contribution in [0.5, 0.6) is 0 Å². The van der Waals surface area contributed by atoms with Crippen LogP contribution < -0.4 is 5.73 Å². The van der Waals surface area contributed by atoms with Gasteiger partial charge in [-0.15, -0.1) is 0 Å². The topological polar surface area (TPSA) is 38.9 Å². The van der Waals surface area contributed by atoms with Crippen LogP contribution in [0.15, 0.2) is 36.5 Å². The summed E-state index contributed by atoms with van der Waals surface area (Å²) in [5.74, 6) is 0.544. The number of benzene rings is 1. The third kappa shape index (κ3) is 1.95. The SMILES string of the molecule is Cc1cc(Cl)ccc1-c1cccnc1N. The van der Waals surface area contributed by atoms with Crippen LogP contribution in [-0.2, 0) is 0 Å². The van der Waals surface area contributed by atoms with Crippen molar-refractivity contribution < 1.29 is 0 Å². The summed E-state index contributed by atoms with van der Waals surface area (Å²) >= 11 is 5.90. The normalized spacial score (nSPS) is 10.3. The Morgan fingerprint density at radius 3 is 2.67 bits per heavy atom. The van der Waals surface area contributed by atoms with Gasteiger partial charge in [-0.3, -0.25) is 0 Å². The van der Waals surface area contributed by atoms with E-state index < -0.39 is 0 Å².